The van der Waals surface area contributed by atoms with Gasteiger partial charge in [0.15, 0.2) is 0 Å². The Morgan fingerprint density at radius 3 is 2.65 bits per heavy atom. The molecule has 1 aromatic rings. The minimum Gasteiger partial charge on any atom is -0.368 e. The largest absolute Gasteiger partial charge is 0.368 e. The highest BCUT2D eigenvalue weighted by atomic mass is 32.2. The second kappa shape index (κ2) is 6.74. The van der Waals surface area contributed by atoms with Gasteiger partial charge in [-0.05, 0) is 43.5 Å². The summed E-state index contributed by atoms with van der Waals surface area (Å²) in [4.78, 5) is 25.9. The maximum Gasteiger partial charge on any atom is 0.240 e. The molecule has 1 aliphatic heterocycles. The van der Waals surface area contributed by atoms with Gasteiger partial charge < -0.3 is 10.6 Å². The predicted molar refractivity (Wildman–Crippen MR) is 75.7 cm³/mol. The first-order valence-electron chi connectivity index (χ1n) is 6.55. The lowest BCUT2D eigenvalue weighted by atomic mass is 10.0. The van der Waals surface area contributed by atoms with Crippen molar-refractivity contribution in [3.8, 4) is 0 Å². The average Bonchev–Trinajstić information content (AvgIpc) is 2.46. The van der Waals surface area contributed by atoms with E-state index in [1.807, 2.05) is 0 Å². The minimum absolute atomic E-state index is 0.0946. The highest BCUT2D eigenvalue weighted by molar-refractivity contribution is 8.00. The third-order valence-electron chi connectivity index (χ3n) is 3.33. The number of piperidine rings is 1. The molecule has 1 saturated heterocycles. The molecule has 1 atom stereocenters. The van der Waals surface area contributed by atoms with Gasteiger partial charge in [0.1, 0.15) is 11.9 Å². The molecule has 1 aromatic carbocycles. The molecule has 0 radical (unpaired) electrons. The Labute approximate surface area is 121 Å². The summed E-state index contributed by atoms with van der Waals surface area (Å²) >= 11 is 1.33. The molecule has 0 spiro atoms. The summed E-state index contributed by atoms with van der Waals surface area (Å²) in [5.74, 6) is -0.603. The van der Waals surface area contributed by atoms with E-state index in [0.717, 1.165) is 17.7 Å². The van der Waals surface area contributed by atoms with Crippen molar-refractivity contribution in [2.75, 3.05) is 12.3 Å². The minimum atomic E-state index is -0.481. The van der Waals surface area contributed by atoms with Crippen molar-refractivity contribution >= 4 is 23.6 Å². The van der Waals surface area contributed by atoms with Crippen molar-refractivity contribution in [3.05, 3.63) is 30.1 Å². The van der Waals surface area contributed by atoms with E-state index in [9.17, 15) is 14.0 Å². The van der Waals surface area contributed by atoms with Crippen molar-refractivity contribution in [3.63, 3.8) is 0 Å². The molecule has 0 saturated carbocycles. The van der Waals surface area contributed by atoms with E-state index in [1.54, 1.807) is 17.0 Å². The number of hydrogen-bond donors (Lipinski definition) is 1. The van der Waals surface area contributed by atoms with Gasteiger partial charge in [0.25, 0.3) is 0 Å². The van der Waals surface area contributed by atoms with Gasteiger partial charge in [0.2, 0.25) is 11.8 Å². The van der Waals surface area contributed by atoms with Crippen LogP contribution in [-0.4, -0.2) is 35.1 Å². The number of amides is 2. The summed E-state index contributed by atoms with van der Waals surface area (Å²) < 4.78 is 12.8. The standard InChI is InChI=1S/C14H17FN2O2S/c15-10-4-6-11(7-5-10)20-9-13(18)17-8-2-1-3-12(17)14(16)19/h4-7,12H,1-3,8-9H2,(H2,16,19)/t12-/m0/s1. The number of carbonyl (C=O) groups excluding carboxylic acids is 2. The fourth-order valence-corrected chi connectivity index (χ4v) is 3.07. The van der Waals surface area contributed by atoms with Gasteiger partial charge in [-0.25, -0.2) is 4.39 Å². The SMILES string of the molecule is NC(=O)[C@@H]1CCCCN1C(=O)CSc1ccc(F)cc1. The number of hydrogen-bond acceptors (Lipinski definition) is 3. The molecule has 1 heterocycles. The summed E-state index contributed by atoms with van der Waals surface area (Å²) in [6.07, 6.45) is 2.46. The molecule has 4 nitrogen and oxygen atoms in total. The van der Waals surface area contributed by atoms with Crippen LogP contribution in [0.3, 0.4) is 0 Å². The highest BCUT2D eigenvalue weighted by Crippen LogP contribution is 2.22. The number of nitrogens with zero attached hydrogens (tertiary/aromatic N) is 1. The van der Waals surface area contributed by atoms with Gasteiger partial charge in [0, 0.05) is 11.4 Å². The quantitative estimate of drug-likeness (QED) is 0.862. The zero-order chi connectivity index (χ0) is 14.5. The van der Waals surface area contributed by atoms with Gasteiger partial charge in [-0.3, -0.25) is 9.59 Å². The molecule has 1 fully saturated rings. The van der Waals surface area contributed by atoms with E-state index in [1.165, 1.54) is 23.9 Å². The average molecular weight is 296 g/mol. The van der Waals surface area contributed by atoms with Crippen LogP contribution in [0.4, 0.5) is 4.39 Å². The Morgan fingerprint density at radius 2 is 2.00 bits per heavy atom. The Hall–Kier alpha value is -1.56. The molecule has 0 aromatic heterocycles. The van der Waals surface area contributed by atoms with Crippen molar-refractivity contribution in [1.82, 2.24) is 4.90 Å². The van der Waals surface area contributed by atoms with E-state index >= 15 is 0 Å². The summed E-state index contributed by atoms with van der Waals surface area (Å²) in [5, 5.41) is 0. The molecule has 2 rings (SSSR count). The molecule has 0 aliphatic carbocycles. The van der Waals surface area contributed by atoms with Crippen LogP contribution in [0.25, 0.3) is 0 Å². The molecule has 0 unspecified atom stereocenters. The number of nitrogens with two attached hydrogens (primary N) is 1. The predicted octanol–water partition coefficient (Wildman–Crippen LogP) is 1.78. The van der Waals surface area contributed by atoms with Gasteiger partial charge in [-0.1, -0.05) is 0 Å². The molecule has 2 N–H and O–H groups in total. The Kier molecular flexibility index (Phi) is 5.00. The summed E-state index contributed by atoms with van der Waals surface area (Å²) in [6, 6.07) is 5.51. The van der Waals surface area contributed by atoms with Crippen LogP contribution < -0.4 is 5.73 Å². The Morgan fingerprint density at radius 1 is 1.30 bits per heavy atom. The van der Waals surface area contributed by atoms with Crippen molar-refractivity contribution in [1.29, 1.82) is 0 Å². The van der Waals surface area contributed by atoms with Gasteiger partial charge >= 0.3 is 0 Å². The topological polar surface area (TPSA) is 63.4 Å². The second-order valence-electron chi connectivity index (χ2n) is 4.74. The number of benzene rings is 1. The first-order chi connectivity index (χ1) is 9.58. The van der Waals surface area contributed by atoms with E-state index in [4.69, 9.17) is 5.73 Å². The number of rotatable bonds is 4. The van der Waals surface area contributed by atoms with Crippen LogP contribution in [0.1, 0.15) is 19.3 Å². The zero-order valence-electron chi connectivity index (χ0n) is 11.0. The number of thioether (sulfide) groups is 1. The van der Waals surface area contributed by atoms with Crippen LogP contribution in [-0.2, 0) is 9.59 Å². The molecule has 6 heteroatoms. The first-order valence-corrected chi connectivity index (χ1v) is 7.53. The van der Waals surface area contributed by atoms with E-state index in [0.29, 0.717) is 13.0 Å². The lowest BCUT2D eigenvalue weighted by Gasteiger charge is -2.33. The monoisotopic (exact) mass is 296 g/mol. The van der Waals surface area contributed by atoms with Crippen LogP contribution in [0.5, 0.6) is 0 Å². The lowest BCUT2D eigenvalue weighted by Crippen LogP contribution is -2.51. The molecule has 2 amide bonds. The van der Waals surface area contributed by atoms with E-state index in [2.05, 4.69) is 0 Å². The molecule has 20 heavy (non-hydrogen) atoms. The lowest BCUT2D eigenvalue weighted by molar-refractivity contribution is -0.138. The van der Waals surface area contributed by atoms with Gasteiger partial charge in [-0.15, -0.1) is 11.8 Å². The normalized spacial score (nSPS) is 18.9. The van der Waals surface area contributed by atoms with Crippen molar-refractivity contribution in [2.45, 2.75) is 30.2 Å². The molecule has 1 aliphatic rings. The maximum atomic E-state index is 12.8. The summed E-state index contributed by atoms with van der Waals surface area (Å²) in [7, 11) is 0. The number of carbonyl (C=O) groups is 2. The van der Waals surface area contributed by atoms with Gasteiger partial charge in [-0.2, -0.15) is 0 Å². The molecular formula is C14H17FN2O2S. The third kappa shape index (κ3) is 3.72. The third-order valence-corrected chi connectivity index (χ3v) is 4.32. The number of primary amides is 1. The summed E-state index contributed by atoms with van der Waals surface area (Å²) in [6.45, 7) is 0.580. The highest BCUT2D eigenvalue weighted by Gasteiger charge is 2.30. The Balaban J connectivity index is 1.93. The molecular weight excluding hydrogens is 279 g/mol. The Bertz CT molecular complexity index is 492. The van der Waals surface area contributed by atoms with Crippen molar-refractivity contribution in [2.24, 2.45) is 5.73 Å². The zero-order valence-corrected chi connectivity index (χ0v) is 11.9. The van der Waals surface area contributed by atoms with Crippen LogP contribution in [0.15, 0.2) is 29.2 Å². The van der Waals surface area contributed by atoms with Crippen LogP contribution in [0, 0.1) is 5.82 Å². The van der Waals surface area contributed by atoms with Crippen LogP contribution in [0.2, 0.25) is 0 Å². The molecule has 108 valence electrons. The fraction of sp³-hybridized carbons (Fsp3) is 0.429. The van der Waals surface area contributed by atoms with E-state index < -0.39 is 11.9 Å². The number of halogens is 1. The fourth-order valence-electron chi connectivity index (χ4n) is 2.28. The van der Waals surface area contributed by atoms with Crippen LogP contribution >= 0.6 is 11.8 Å². The maximum absolute atomic E-state index is 12.8. The molecule has 0 bridgehead atoms. The van der Waals surface area contributed by atoms with Crippen molar-refractivity contribution < 1.29 is 14.0 Å². The first kappa shape index (κ1) is 14.8. The van der Waals surface area contributed by atoms with E-state index in [-0.39, 0.29) is 17.5 Å². The smallest absolute Gasteiger partial charge is 0.240 e. The van der Waals surface area contributed by atoms with Gasteiger partial charge in [0.05, 0.1) is 5.75 Å². The number of likely N-dealkylation sites (tertiary alicyclic amines) is 1. The second-order valence-corrected chi connectivity index (χ2v) is 5.79. The summed E-state index contributed by atoms with van der Waals surface area (Å²) in [5.41, 5.74) is 5.34.